The van der Waals surface area contributed by atoms with Crippen LogP contribution in [0.4, 0.5) is 0 Å². The number of allylic oxidation sites excluding steroid dienone is 1. The second-order valence-electron chi connectivity index (χ2n) is 6.15. The minimum absolute atomic E-state index is 1.10. The van der Waals surface area contributed by atoms with Crippen molar-refractivity contribution in [2.75, 3.05) is 13.1 Å². The predicted octanol–water partition coefficient (Wildman–Crippen LogP) is 4.84. The van der Waals surface area contributed by atoms with Crippen LogP contribution in [0.15, 0.2) is 72.3 Å². The van der Waals surface area contributed by atoms with Crippen molar-refractivity contribution >= 4 is 0 Å². The molecule has 0 N–H and O–H groups in total. The Morgan fingerprint density at radius 2 is 1.36 bits per heavy atom. The van der Waals surface area contributed by atoms with Crippen LogP contribution in [0.2, 0.25) is 0 Å². The topological polar surface area (TPSA) is 3.24 Å². The van der Waals surface area contributed by atoms with Crippen molar-refractivity contribution in [3.05, 3.63) is 83.4 Å². The zero-order valence-electron chi connectivity index (χ0n) is 13.2. The van der Waals surface area contributed by atoms with Gasteiger partial charge in [-0.05, 0) is 36.8 Å². The molecule has 1 saturated heterocycles. The van der Waals surface area contributed by atoms with E-state index in [1.165, 1.54) is 43.5 Å². The molecule has 0 spiro atoms. The first-order valence-corrected chi connectivity index (χ1v) is 8.38. The molecular weight excluding hydrogens is 266 g/mol. The number of nitrogens with zero attached hydrogens (tertiary/aromatic N) is 1. The summed E-state index contributed by atoms with van der Waals surface area (Å²) in [6, 6.07) is 21.6. The van der Waals surface area contributed by atoms with Gasteiger partial charge in [0.25, 0.3) is 0 Å². The molecule has 1 aliphatic heterocycles. The van der Waals surface area contributed by atoms with Gasteiger partial charge in [0.1, 0.15) is 0 Å². The Morgan fingerprint density at radius 3 is 2.00 bits per heavy atom. The van der Waals surface area contributed by atoms with Gasteiger partial charge in [-0.2, -0.15) is 0 Å². The van der Waals surface area contributed by atoms with Crippen molar-refractivity contribution in [1.29, 1.82) is 0 Å². The van der Waals surface area contributed by atoms with Crippen LogP contribution in [0.5, 0.6) is 0 Å². The highest BCUT2D eigenvalue weighted by Gasteiger charge is 2.13. The summed E-state index contributed by atoms with van der Waals surface area (Å²) in [4.78, 5) is 2.57. The van der Waals surface area contributed by atoms with Gasteiger partial charge in [-0.15, -0.1) is 0 Å². The normalized spacial score (nSPS) is 15.7. The van der Waals surface area contributed by atoms with Crippen LogP contribution in [0.3, 0.4) is 0 Å². The Hall–Kier alpha value is -1.86. The first kappa shape index (κ1) is 15.1. The molecule has 2 aromatic rings. The Kier molecular flexibility index (Phi) is 5.44. The summed E-state index contributed by atoms with van der Waals surface area (Å²) in [6.45, 7) is 3.50. The fourth-order valence-electron chi connectivity index (χ4n) is 3.13. The molecule has 0 saturated carbocycles. The first-order valence-electron chi connectivity index (χ1n) is 8.38. The average Bonchev–Trinajstić information content (AvgIpc) is 2.58. The van der Waals surface area contributed by atoms with Crippen molar-refractivity contribution < 1.29 is 0 Å². The van der Waals surface area contributed by atoms with E-state index in [2.05, 4.69) is 71.6 Å². The summed E-state index contributed by atoms with van der Waals surface area (Å²) in [5.74, 6) is 0. The molecule has 0 amide bonds. The summed E-state index contributed by atoms with van der Waals surface area (Å²) in [5.41, 5.74) is 4.53. The van der Waals surface area contributed by atoms with Gasteiger partial charge >= 0.3 is 0 Å². The van der Waals surface area contributed by atoms with Gasteiger partial charge < -0.3 is 0 Å². The molecule has 0 bridgehead atoms. The molecule has 1 heteroatoms. The number of aryl methyl sites for hydroxylation is 1. The van der Waals surface area contributed by atoms with Crippen molar-refractivity contribution in [2.45, 2.75) is 32.2 Å². The van der Waals surface area contributed by atoms with Crippen molar-refractivity contribution in [3.63, 3.8) is 0 Å². The maximum atomic E-state index is 2.57. The average molecular weight is 291 g/mol. The molecule has 0 radical (unpaired) electrons. The molecule has 1 nitrogen and oxygen atoms in total. The lowest BCUT2D eigenvalue weighted by molar-refractivity contribution is 0.248. The predicted molar refractivity (Wildman–Crippen MR) is 93.8 cm³/mol. The van der Waals surface area contributed by atoms with E-state index in [0.29, 0.717) is 0 Å². The number of rotatable bonds is 5. The highest BCUT2D eigenvalue weighted by atomic mass is 15.1. The summed E-state index contributed by atoms with van der Waals surface area (Å²) in [5, 5.41) is 0. The van der Waals surface area contributed by atoms with E-state index >= 15 is 0 Å². The van der Waals surface area contributed by atoms with Gasteiger partial charge in [-0.1, -0.05) is 72.3 Å². The highest BCUT2D eigenvalue weighted by Crippen LogP contribution is 2.19. The van der Waals surface area contributed by atoms with Crippen LogP contribution in [0.1, 0.15) is 30.4 Å². The lowest BCUT2D eigenvalue weighted by atomic mass is 10.0. The third-order valence-corrected chi connectivity index (χ3v) is 4.46. The van der Waals surface area contributed by atoms with Gasteiger partial charge in [-0.25, -0.2) is 0 Å². The minimum Gasteiger partial charge on any atom is -0.298 e. The van der Waals surface area contributed by atoms with E-state index in [1.54, 1.807) is 5.57 Å². The zero-order chi connectivity index (χ0) is 15.0. The Bertz CT molecular complexity index is 576. The molecule has 1 fully saturated rings. The SMILES string of the molecule is C(CCc1ccccc1)=C1CCN(Cc2ccccc2)CC1. The summed E-state index contributed by atoms with van der Waals surface area (Å²) in [7, 11) is 0. The molecule has 0 unspecified atom stereocenters. The van der Waals surface area contributed by atoms with E-state index in [-0.39, 0.29) is 0 Å². The standard InChI is InChI=1S/C21H25N/c1-3-8-19(9-4-1)12-7-13-20-14-16-22(17-15-20)18-21-10-5-2-6-11-21/h1-6,8-11,13H,7,12,14-18H2. The molecule has 22 heavy (non-hydrogen) atoms. The minimum atomic E-state index is 1.10. The molecule has 1 aliphatic rings. The van der Waals surface area contributed by atoms with Crippen LogP contribution in [-0.2, 0) is 13.0 Å². The molecule has 0 aliphatic carbocycles. The van der Waals surface area contributed by atoms with Crippen molar-refractivity contribution in [2.24, 2.45) is 0 Å². The van der Waals surface area contributed by atoms with Crippen LogP contribution in [0.25, 0.3) is 0 Å². The second-order valence-corrected chi connectivity index (χ2v) is 6.15. The number of hydrogen-bond donors (Lipinski definition) is 0. The highest BCUT2D eigenvalue weighted by molar-refractivity contribution is 5.17. The largest absolute Gasteiger partial charge is 0.298 e. The van der Waals surface area contributed by atoms with Gasteiger partial charge in [0.2, 0.25) is 0 Å². The zero-order valence-corrected chi connectivity index (χ0v) is 13.2. The quantitative estimate of drug-likeness (QED) is 0.712. The van der Waals surface area contributed by atoms with Gasteiger partial charge in [0.15, 0.2) is 0 Å². The fraction of sp³-hybridized carbons (Fsp3) is 0.333. The Labute approximate surface area is 134 Å². The van der Waals surface area contributed by atoms with Crippen LogP contribution in [0, 0.1) is 0 Å². The van der Waals surface area contributed by atoms with Crippen LogP contribution >= 0.6 is 0 Å². The fourth-order valence-corrected chi connectivity index (χ4v) is 3.13. The molecular formula is C21H25N. The van der Waals surface area contributed by atoms with E-state index < -0.39 is 0 Å². The van der Waals surface area contributed by atoms with Crippen LogP contribution in [-0.4, -0.2) is 18.0 Å². The number of hydrogen-bond acceptors (Lipinski definition) is 1. The van der Waals surface area contributed by atoms with Crippen LogP contribution < -0.4 is 0 Å². The third kappa shape index (κ3) is 4.57. The molecule has 3 rings (SSSR count). The van der Waals surface area contributed by atoms with Crippen molar-refractivity contribution in [3.8, 4) is 0 Å². The molecule has 0 atom stereocenters. The van der Waals surface area contributed by atoms with E-state index in [0.717, 1.165) is 13.0 Å². The number of likely N-dealkylation sites (tertiary alicyclic amines) is 1. The summed E-state index contributed by atoms with van der Waals surface area (Å²) in [6.07, 6.45) is 7.30. The second kappa shape index (κ2) is 7.95. The third-order valence-electron chi connectivity index (χ3n) is 4.46. The summed E-state index contributed by atoms with van der Waals surface area (Å²) >= 11 is 0. The van der Waals surface area contributed by atoms with E-state index in [1.807, 2.05) is 0 Å². The van der Waals surface area contributed by atoms with Gasteiger partial charge in [0.05, 0.1) is 0 Å². The molecule has 114 valence electrons. The lowest BCUT2D eigenvalue weighted by Gasteiger charge is -2.28. The number of benzene rings is 2. The van der Waals surface area contributed by atoms with E-state index in [4.69, 9.17) is 0 Å². The lowest BCUT2D eigenvalue weighted by Crippen LogP contribution is -2.30. The molecule has 2 aromatic carbocycles. The smallest absolute Gasteiger partial charge is 0.0233 e. The van der Waals surface area contributed by atoms with Gasteiger partial charge in [-0.3, -0.25) is 4.90 Å². The number of piperidine rings is 1. The molecule has 1 heterocycles. The van der Waals surface area contributed by atoms with E-state index in [9.17, 15) is 0 Å². The monoisotopic (exact) mass is 291 g/mol. The maximum absolute atomic E-state index is 2.57. The Balaban J connectivity index is 1.42. The summed E-state index contributed by atoms with van der Waals surface area (Å²) < 4.78 is 0. The maximum Gasteiger partial charge on any atom is 0.0233 e. The first-order chi connectivity index (χ1) is 10.9. The van der Waals surface area contributed by atoms with Gasteiger partial charge in [0, 0.05) is 19.6 Å². The van der Waals surface area contributed by atoms with Crippen molar-refractivity contribution in [1.82, 2.24) is 4.90 Å². The Morgan fingerprint density at radius 1 is 0.773 bits per heavy atom. The molecule has 0 aromatic heterocycles.